The molecular weight excluding hydrogens is 306 g/mol. The van der Waals surface area contributed by atoms with Gasteiger partial charge < -0.3 is 19.9 Å². The van der Waals surface area contributed by atoms with Gasteiger partial charge >= 0.3 is 0 Å². The molecule has 0 radical (unpaired) electrons. The Balaban J connectivity index is 1.75. The number of hydrogen-bond donors (Lipinski definition) is 1. The average Bonchev–Trinajstić information content (AvgIpc) is 2.64. The standard InChI is InChI=1S/C18H27N3O3/c1-3-16(24-4-2)18(23)19-14-17(22)21-12-10-20(11-13-21)15-8-6-5-7-9-15/h5-9,16H,3-4,10-14H2,1-2H3,(H,19,23)/t16-/m1/s1. The lowest BCUT2D eigenvalue weighted by Gasteiger charge is -2.36. The summed E-state index contributed by atoms with van der Waals surface area (Å²) in [7, 11) is 0. The van der Waals surface area contributed by atoms with Crippen molar-refractivity contribution < 1.29 is 14.3 Å². The average molecular weight is 333 g/mol. The second-order valence-electron chi connectivity index (χ2n) is 5.77. The first-order valence-electron chi connectivity index (χ1n) is 8.62. The molecule has 1 aliphatic heterocycles. The summed E-state index contributed by atoms with van der Waals surface area (Å²) in [5.74, 6) is -0.252. The molecular formula is C18H27N3O3. The number of rotatable bonds is 7. The van der Waals surface area contributed by atoms with Crippen LogP contribution in [0.1, 0.15) is 20.3 Å². The van der Waals surface area contributed by atoms with E-state index in [2.05, 4.69) is 22.3 Å². The number of amides is 2. The maximum Gasteiger partial charge on any atom is 0.249 e. The van der Waals surface area contributed by atoms with Crippen LogP contribution in [0.4, 0.5) is 5.69 Å². The van der Waals surface area contributed by atoms with Gasteiger partial charge in [0.15, 0.2) is 0 Å². The van der Waals surface area contributed by atoms with Gasteiger partial charge in [0.25, 0.3) is 0 Å². The molecule has 6 heteroatoms. The van der Waals surface area contributed by atoms with Gasteiger partial charge in [-0.15, -0.1) is 0 Å². The lowest BCUT2D eigenvalue weighted by Crippen LogP contribution is -2.52. The Labute approximate surface area is 143 Å². The monoisotopic (exact) mass is 333 g/mol. The highest BCUT2D eigenvalue weighted by molar-refractivity contribution is 5.87. The summed E-state index contributed by atoms with van der Waals surface area (Å²) in [6.45, 7) is 7.23. The van der Waals surface area contributed by atoms with E-state index in [4.69, 9.17) is 4.74 Å². The molecule has 1 aromatic carbocycles. The van der Waals surface area contributed by atoms with Crippen molar-refractivity contribution in [1.29, 1.82) is 0 Å². The Morgan fingerprint density at radius 3 is 2.38 bits per heavy atom. The number of ether oxygens (including phenoxy) is 1. The fourth-order valence-electron chi connectivity index (χ4n) is 2.82. The third-order valence-corrected chi connectivity index (χ3v) is 4.20. The first-order valence-corrected chi connectivity index (χ1v) is 8.62. The largest absolute Gasteiger partial charge is 0.369 e. The molecule has 132 valence electrons. The molecule has 0 spiro atoms. The first-order chi connectivity index (χ1) is 11.7. The van der Waals surface area contributed by atoms with E-state index in [9.17, 15) is 9.59 Å². The predicted molar refractivity (Wildman–Crippen MR) is 93.9 cm³/mol. The minimum atomic E-state index is -0.474. The van der Waals surface area contributed by atoms with Crippen molar-refractivity contribution in [3.8, 4) is 0 Å². The number of carbonyl (C=O) groups excluding carboxylic acids is 2. The molecule has 1 aromatic rings. The highest BCUT2D eigenvalue weighted by Gasteiger charge is 2.23. The SMILES string of the molecule is CCO[C@H](CC)C(=O)NCC(=O)N1CCN(c2ccccc2)CC1. The normalized spacial score (nSPS) is 15.9. The molecule has 0 aliphatic carbocycles. The number of nitrogens with zero attached hydrogens (tertiary/aromatic N) is 2. The maximum absolute atomic E-state index is 12.3. The Hall–Kier alpha value is -2.08. The van der Waals surface area contributed by atoms with Crippen LogP contribution in [-0.4, -0.2) is 62.1 Å². The Morgan fingerprint density at radius 2 is 1.79 bits per heavy atom. The third kappa shape index (κ3) is 4.96. The lowest BCUT2D eigenvalue weighted by atomic mass is 10.2. The van der Waals surface area contributed by atoms with Crippen molar-refractivity contribution >= 4 is 17.5 Å². The number of carbonyl (C=O) groups is 2. The van der Waals surface area contributed by atoms with E-state index < -0.39 is 6.10 Å². The van der Waals surface area contributed by atoms with E-state index in [1.807, 2.05) is 32.0 Å². The zero-order chi connectivity index (χ0) is 17.4. The molecule has 1 heterocycles. The van der Waals surface area contributed by atoms with E-state index in [1.165, 1.54) is 5.69 Å². The number of nitrogens with one attached hydrogen (secondary N) is 1. The molecule has 2 rings (SSSR count). The van der Waals surface area contributed by atoms with Gasteiger partial charge in [-0.05, 0) is 25.5 Å². The van der Waals surface area contributed by atoms with Crippen LogP contribution in [-0.2, 0) is 14.3 Å². The van der Waals surface area contributed by atoms with E-state index in [0.29, 0.717) is 26.1 Å². The third-order valence-electron chi connectivity index (χ3n) is 4.20. The smallest absolute Gasteiger partial charge is 0.249 e. The molecule has 1 N–H and O–H groups in total. The van der Waals surface area contributed by atoms with Crippen LogP contribution < -0.4 is 10.2 Å². The summed E-state index contributed by atoms with van der Waals surface area (Å²) < 4.78 is 5.35. The van der Waals surface area contributed by atoms with E-state index >= 15 is 0 Å². The Morgan fingerprint density at radius 1 is 1.12 bits per heavy atom. The number of hydrogen-bond acceptors (Lipinski definition) is 4. The van der Waals surface area contributed by atoms with Crippen LogP contribution in [0.25, 0.3) is 0 Å². The molecule has 6 nitrogen and oxygen atoms in total. The second-order valence-corrected chi connectivity index (χ2v) is 5.77. The number of anilines is 1. The Kier molecular flexibility index (Phi) is 7.06. The van der Waals surface area contributed by atoms with Crippen LogP contribution in [0.15, 0.2) is 30.3 Å². The first kappa shape index (κ1) is 18.3. The zero-order valence-electron chi connectivity index (χ0n) is 14.5. The predicted octanol–water partition coefficient (Wildman–Crippen LogP) is 1.27. The minimum Gasteiger partial charge on any atom is -0.369 e. The molecule has 0 aromatic heterocycles. The molecule has 1 atom stereocenters. The van der Waals surface area contributed by atoms with Gasteiger partial charge in [-0.3, -0.25) is 9.59 Å². The van der Waals surface area contributed by atoms with Gasteiger partial charge in [0, 0.05) is 38.5 Å². The fraction of sp³-hybridized carbons (Fsp3) is 0.556. The highest BCUT2D eigenvalue weighted by Crippen LogP contribution is 2.15. The highest BCUT2D eigenvalue weighted by atomic mass is 16.5. The summed E-state index contributed by atoms with van der Waals surface area (Å²) in [6.07, 6.45) is 0.126. The van der Waals surface area contributed by atoms with Crippen molar-refractivity contribution in [2.45, 2.75) is 26.4 Å². The van der Waals surface area contributed by atoms with Crippen LogP contribution in [0, 0.1) is 0 Å². The van der Waals surface area contributed by atoms with Crippen molar-refractivity contribution in [3.63, 3.8) is 0 Å². The minimum absolute atomic E-state index is 0.0355. The molecule has 0 unspecified atom stereocenters. The summed E-state index contributed by atoms with van der Waals surface area (Å²) in [6, 6.07) is 10.2. The Bertz CT molecular complexity index is 528. The number of benzene rings is 1. The van der Waals surface area contributed by atoms with Gasteiger partial charge in [-0.2, -0.15) is 0 Å². The van der Waals surface area contributed by atoms with Crippen molar-refractivity contribution in [2.75, 3.05) is 44.2 Å². The van der Waals surface area contributed by atoms with E-state index in [-0.39, 0.29) is 18.4 Å². The van der Waals surface area contributed by atoms with Crippen LogP contribution >= 0.6 is 0 Å². The van der Waals surface area contributed by atoms with Gasteiger partial charge in [0.2, 0.25) is 11.8 Å². The van der Waals surface area contributed by atoms with Crippen LogP contribution in [0.2, 0.25) is 0 Å². The van der Waals surface area contributed by atoms with Crippen LogP contribution in [0.3, 0.4) is 0 Å². The maximum atomic E-state index is 12.3. The summed E-state index contributed by atoms with van der Waals surface area (Å²) in [5.41, 5.74) is 1.18. The van der Waals surface area contributed by atoms with Crippen molar-refractivity contribution in [3.05, 3.63) is 30.3 Å². The molecule has 0 bridgehead atoms. The van der Waals surface area contributed by atoms with Gasteiger partial charge in [0.05, 0.1) is 6.54 Å². The van der Waals surface area contributed by atoms with Crippen molar-refractivity contribution in [1.82, 2.24) is 10.2 Å². The second kappa shape index (κ2) is 9.27. The van der Waals surface area contributed by atoms with Crippen LogP contribution in [0.5, 0.6) is 0 Å². The summed E-state index contributed by atoms with van der Waals surface area (Å²) >= 11 is 0. The number of piperazine rings is 1. The molecule has 1 aliphatic rings. The molecule has 1 fully saturated rings. The fourth-order valence-corrected chi connectivity index (χ4v) is 2.82. The molecule has 1 saturated heterocycles. The van der Waals surface area contributed by atoms with Gasteiger partial charge in [-0.1, -0.05) is 25.1 Å². The van der Waals surface area contributed by atoms with E-state index in [0.717, 1.165) is 13.1 Å². The van der Waals surface area contributed by atoms with Crippen molar-refractivity contribution in [2.24, 2.45) is 0 Å². The lowest BCUT2D eigenvalue weighted by molar-refractivity contribution is -0.137. The van der Waals surface area contributed by atoms with E-state index in [1.54, 1.807) is 4.90 Å². The number of para-hydroxylation sites is 1. The molecule has 0 saturated carbocycles. The van der Waals surface area contributed by atoms with Gasteiger partial charge in [0.1, 0.15) is 6.10 Å². The van der Waals surface area contributed by atoms with Gasteiger partial charge in [-0.25, -0.2) is 0 Å². The molecule has 24 heavy (non-hydrogen) atoms. The quantitative estimate of drug-likeness (QED) is 0.816. The zero-order valence-corrected chi connectivity index (χ0v) is 14.5. The summed E-state index contributed by atoms with van der Waals surface area (Å²) in [5, 5.41) is 2.69. The topological polar surface area (TPSA) is 61.9 Å². The summed E-state index contributed by atoms with van der Waals surface area (Å²) in [4.78, 5) is 28.3. The molecule has 2 amide bonds.